The first-order chi connectivity index (χ1) is 9.66. The molecular formula is C17H17ClN2. The first-order valence-electron chi connectivity index (χ1n) is 6.77. The van der Waals surface area contributed by atoms with Crippen LogP contribution in [-0.2, 0) is 6.42 Å². The lowest BCUT2D eigenvalue weighted by Crippen LogP contribution is -2.29. The third-order valence-electron chi connectivity index (χ3n) is 3.94. The summed E-state index contributed by atoms with van der Waals surface area (Å²) in [5.74, 6) is 1.01. The van der Waals surface area contributed by atoms with Gasteiger partial charge in [0.1, 0.15) is 5.84 Å². The van der Waals surface area contributed by atoms with Gasteiger partial charge in [-0.05, 0) is 30.2 Å². The highest BCUT2D eigenvalue weighted by molar-refractivity contribution is 6.31. The lowest BCUT2D eigenvalue weighted by atomic mass is 9.97. The van der Waals surface area contributed by atoms with E-state index in [1.54, 1.807) is 0 Å². The van der Waals surface area contributed by atoms with Gasteiger partial charge in [-0.15, -0.1) is 0 Å². The van der Waals surface area contributed by atoms with Gasteiger partial charge in [0.25, 0.3) is 0 Å². The molecule has 0 fully saturated rings. The van der Waals surface area contributed by atoms with Crippen molar-refractivity contribution in [1.82, 2.24) is 4.90 Å². The maximum absolute atomic E-state index is 6.38. The van der Waals surface area contributed by atoms with Crippen molar-refractivity contribution in [3.8, 4) is 0 Å². The van der Waals surface area contributed by atoms with E-state index in [0.29, 0.717) is 0 Å². The van der Waals surface area contributed by atoms with Crippen molar-refractivity contribution in [3.05, 3.63) is 64.7 Å². The predicted molar refractivity (Wildman–Crippen MR) is 84.9 cm³/mol. The molecule has 3 rings (SSSR count). The first-order valence-corrected chi connectivity index (χ1v) is 7.15. The van der Waals surface area contributed by atoms with Gasteiger partial charge >= 0.3 is 0 Å². The van der Waals surface area contributed by atoms with Crippen LogP contribution < -0.4 is 0 Å². The Labute approximate surface area is 124 Å². The fraction of sp³-hybridized carbons (Fsp3) is 0.235. The third kappa shape index (κ3) is 2.32. The van der Waals surface area contributed by atoms with Crippen molar-refractivity contribution in [2.24, 2.45) is 4.99 Å². The molecule has 0 spiro atoms. The summed E-state index contributed by atoms with van der Waals surface area (Å²) >= 11 is 6.38. The van der Waals surface area contributed by atoms with E-state index < -0.39 is 0 Å². The lowest BCUT2D eigenvalue weighted by molar-refractivity contribution is 0.374. The number of rotatable bonds is 1. The van der Waals surface area contributed by atoms with Crippen LogP contribution in [0.15, 0.2) is 53.5 Å². The van der Waals surface area contributed by atoms with E-state index in [0.717, 1.165) is 28.5 Å². The van der Waals surface area contributed by atoms with Crippen LogP contribution in [0.4, 0.5) is 5.69 Å². The van der Waals surface area contributed by atoms with E-state index in [-0.39, 0.29) is 6.04 Å². The van der Waals surface area contributed by atoms with E-state index in [1.165, 1.54) is 5.56 Å². The van der Waals surface area contributed by atoms with Crippen LogP contribution in [-0.4, -0.2) is 17.8 Å². The average molecular weight is 285 g/mol. The molecule has 20 heavy (non-hydrogen) atoms. The second-order valence-electron chi connectivity index (χ2n) is 5.14. The van der Waals surface area contributed by atoms with Crippen molar-refractivity contribution in [3.63, 3.8) is 0 Å². The summed E-state index contributed by atoms with van der Waals surface area (Å²) in [4.78, 5) is 6.94. The quantitative estimate of drug-likeness (QED) is 0.746. The second-order valence-corrected chi connectivity index (χ2v) is 5.55. The molecular weight excluding hydrogens is 268 g/mol. The normalized spacial score (nSPS) is 18.2. The van der Waals surface area contributed by atoms with Crippen molar-refractivity contribution in [2.45, 2.75) is 19.4 Å². The molecule has 1 atom stereocenters. The molecule has 102 valence electrons. The van der Waals surface area contributed by atoms with E-state index >= 15 is 0 Å². The zero-order valence-electron chi connectivity index (χ0n) is 11.7. The molecule has 1 unspecified atom stereocenters. The largest absolute Gasteiger partial charge is 0.356 e. The van der Waals surface area contributed by atoms with Gasteiger partial charge < -0.3 is 4.90 Å². The Hall–Kier alpha value is -1.80. The summed E-state index contributed by atoms with van der Waals surface area (Å²) in [6.07, 6.45) is 0.871. The minimum atomic E-state index is 0.265. The predicted octanol–water partition coefficient (Wildman–Crippen LogP) is 4.62. The van der Waals surface area contributed by atoms with E-state index in [4.69, 9.17) is 16.6 Å². The van der Waals surface area contributed by atoms with Crippen LogP contribution in [0.2, 0.25) is 5.02 Å². The molecule has 0 aromatic heterocycles. The summed E-state index contributed by atoms with van der Waals surface area (Å²) < 4.78 is 0. The Morgan fingerprint density at radius 1 is 1.10 bits per heavy atom. The summed E-state index contributed by atoms with van der Waals surface area (Å²) in [6.45, 7) is 2.05. The highest BCUT2D eigenvalue weighted by atomic mass is 35.5. The van der Waals surface area contributed by atoms with Crippen LogP contribution in [0.25, 0.3) is 0 Å². The van der Waals surface area contributed by atoms with Gasteiger partial charge in [-0.3, -0.25) is 0 Å². The Kier molecular flexibility index (Phi) is 3.49. The van der Waals surface area contributed by atoms with Gasteiger partial charge in [-0.1, -0.05) is 48.0 Å². The molecule has 0 saturated heterocycles. The molecule has 2 aromatic carbocycles. The van der Waals surface area contributed by atoms with Crippen molar-refractivity contribution in [1.29, 1.82) is 0 Å². The van der Waals surface area contributed by atoms with Crippen LogP contribution in [0.3, 0.4) is 0 Å². The van der Waals surface area contributed by atoms with Gasteiger partial charge in [0.05, 0.1) is 11.7 Å². The smallest absolute Gasteiger partial charge is 0.102 e. The molecule has 1 aliphatic heterocycles. The molecule has 0 N–H and O–H groups in total. The van der Waals surface area contributed by atoms with Gasteiger partial charge in [0.2, 0.25) is 0 Å². The minimum Gasteiger partial charge on any atom is -0.356 e. The molecule has 0 bridgehead atoms. The summed E-state index contributed by atoms with van der Waals surface area (Å²) in [5.41, 5.74) is 3.41. The monoisotopic (exact) mass is 284 g/mol. The highest BCUT2D eigenvalue weighted by Crippen LogP contribution is 2.36. The first kappa shape index (κ1) is 13.2. The molecule has 2 aromatic rings. The second kappa shape index (κ2) is 5.29. The number of nitrogens with zero attached hydrogens (tertiary/aromatic N) is 2. The van der Waals surface area contributed by atoms with E-state index in [2.05, 4.69) is 36.2 Å². The maximum Gasteiger partial charge on any atom is 0.102 e. The number of benzene rings is 2. The Bertz CT molecular complexity index is 649. The standard InChI is InChI=1S/C17H17ClN2/c1-12-19-16-10-6-9-15(18)14(16)11-17(20(12)2)13-7-4-3-5-8-13/h3-10,17H,11H2,1-2H3. The van der Waals surface area contributed by atoms with Crippen molar-refractivity contribution in [2.75, 3.05) is 7.05 Å². The molecule has 0 amide bonds. The molecule has 1 aliphatic rings. The Balaban J connectivity index is 2.11. The number of aliphatic imine (C=N–C) groups is 1. The number of fused-ring (bicyclic) bond motifs is 1. The minimum absolute atomic E-state index is 0.265. The van der Waals surface area contributed by atoms with Crippen LogP contribution >= 0.6 is 11.6 Å². The number of hydrogen-bond donors (Lipinski definition) is 0. The third-order valence-corrected chi connectivity index (χ3v) is 4.29. The van der Waals surface area contributed by atoms with Crippen LogP contribution in [0.5, 0.6) is 0 Å². The molecule has 3 heteroatoms. The van der Waals surface area contributed by atoms with E-state index in [1.807, 2.05) is 31.2 Å². The zero-order valence-corrected chi connectivity index (χ0v) is 12.4. The van der Waals surface area contributed by atoms with Crippen molar-refractivity contribution >= 4 is 23.1 Å². The topological polar surface area (TPSA) is 15.6 Å². The number of halogens is 1. The SMILES string of the molecule is CC1=Nc2cccc(Cl)c2CC(c2ccccc2)N1C. The number of hydrogen-bond acceptors (Lipinski definition) is 2. The summed E-state index contributed by atoms with van der Waals surface area (Å²) in [6, 6.07) is 16.7. The fourth-order valence-corrected chi connectivity index (χ4v) is 2.93. The Morgan fingerprint density at radius 3 is 2.60 bits per heavy atom. The summed E-state index contributed by atoms with van der Waals surface area (Å²) in [7, 11) is 2.09. The Morgan fingerprint density at radius 2 is 1.85 bits per heavy atom. The maximum atomic E-state index is 6.38. The average Bonchev–Trinajstić information content (AvgIpc) is 2.59. The molecule has 2 nitrogen and oxygen atoms in total. The van der Waals surface area contributed by atoms with Gasteiger partial charge in [-0.2, -0.15) is 0 Å². The van der Waals surface area contributed by atoms with Gasteiger partial charge in [0, 0.05) is 18.5 Å². The molecule has 0 saturated carbocycles. The van der Waals surface area contributed by atoms with Crippen LogP contribution in [0.1, 0.15) is 24.1 Å². The zero-order chi connectivity index (χ0) is 14.1. The fourth-order valence-electron chi connectivity index (χ4n) is 2.68. The molecule has 0 radical (unpaired) electrons. The summed E-state index contributed by atoms with van der Waals surface area (Å²) in [5, 5.41) is 0.801. The number of amidine groups is 1. The van der Waals surface area contributed by atoms with Gasteiger partial charge in [0.15, 0.2) is 0 Å². The van der Waals surface area contributed by atoms with Gasteiger partial charge in [-0.25, -0.2) is 4.99 Å². The lowest BCUT2D eigenvalue weighted by Gasteiger charge is -2.28. The molecule has 1 heterocycles. The number of likely N-dealkylation sites (N-methyl/N-ethyl adjacent to an activating group) is 1. The molecule has 0 aliphatic carbocycles. The van der Waals surface area contributed by atoms with E-state index in [9.17, 15) is 0 Å². The highest BCUT2D eigenvalue weighted by Gasteiger charge is 2.24. The van der Waals surface area contributed by atoms with Crippen LogP contribution in [0, 0.1) is 0 Å². The van der Waals surface area contributed by atoms with Crippen molar-refractivity contribution < 1.29 is 0 Å².